The van der Waals surface area contributed by atoms with Crippen LogP contribution in [0.4, 0.5) is 4.79 Å². The van der Waals surface area contributed by atoms with Crippen molar-refractivity contribution in [2.75, 3.05) is 13.7 Å². The summed E-state index contributed by atoms with van der Waals surface area (Å²) < 4.78 is 11.0. The van der Waals surface area contributed by atoms with Crippen LogP contribution < -0.4 is 9.47 Å². The number of hydrogen-bond donors (Lipinski definition) is 0. The lowest BCUT2D eigenvalue weighted by atomic mass is 10.1. The van der Waals surface area contributed by atoms with Gasteiger partial charge in [-0.3, -0.25) is 14.5 Å². The van der Waals surface area contributed by atoms with Crippen molar-refractivity contribution in [2.45, 2.75) is 13.5 Å². The second kappa shape index (κ2) is 8.50. The van der Waals surface area contributed by atoms with Crippen LogP contribution in [-0.4, -0.2) is 29.8 Å². The predicted molar refractivity (Wildman–Crippen MR) is 107 cm³/mol. The molecule has 0 aromatic heterocycles. The molecule has 0 bridgehead atoms. The number of halogens is 1. The van der Waals surface area contributed by atoms with Crippen molar-refractivity contribution in [3.05, 3.63) is 63.5 Å². The third kappa shape index (κ3) is 4.28. The van der Waals surface area contributed by atoms with E-state index in [4.69, 9.17) is 21.1 Å². The fourth-order valence-corrected chi connectivity index (χ4v) is 3.74. The summed E-state index contributed by atoms with van der Waals surface area (Å²) in [4.78, 5) is 26.6. The Morgan fingerprint density at radius 2 is 1.96 bits per heavy atom. The average Bonchev–Trinajstić information content (AvgIpc) is 2.91. The average molecular weight is 404 g/mol. The molecular weight excluding hydrogens is 386 g/mol. The molecule has 0 atom stereocenters. The topological polar surface area (TPSA) is 55.8 Å². The zero-order valence-corrected chi connectivity index (χ0v) is 16.5. The van der Waals surface area contributed by atoms with Gasteiger partial charge >= 0.3 is 0 Å². The molecule has 27 heavy (non-hydrogen) atoms. The highest BCUT2D eigenvalue weighted by Crippen LogP contribution is 2.37. The minimum atomic E-state index is -0.338. The van der Waals surface area contributed by atoms with Crippen LogP contribution in [0.2, 0.25) is 5.02 Å². The second-order valence-electron chi connectivity index (χ2n) is 5.71. The van der Waals surface area contributed by atoms with Gasteiger partial charge in [-0.1, -0.05) is 35.9 Å². The number of carbonyl (C=O) groups is 2. The third-order valence-corrected chi connectivity index (χ3v) is 5.05. The molecule has 0 saturated carbocycles. The van der Waals surface area contributed by atoms with Gasteiger partial charge in [-0.05, 0) is 48.5 Å². The lowest BCUT2D eigenvalue weighted by molar-refractivity contribution is -0.123. The highest BCUT2D eigenvalue weighted by atomic mass is 35.5. The molecule has 0 aliphatic carbocycles. The molecule has 140 valence electrons. The van der Waals surface area contributed by atoms with E-state index in [0.717, 1.165) is 17.3 Å². The van der Waals surface area contributed by atoms with Crippen molar-refractivity contribution in [1.29, 1.82) is 0 Å². The highest BCUT2D eigenvalue weighted by Gasteiger charge is 2.35. The maximum absolute atomic E-state index is 12.7. The van der Waals surface area contributed by atoms with E-state index in [1.165, 1.54) is 4.90 Å². The Bertz CT molecular complexity index is 913. The number of rotatable bonds is 6. The standard InChI is InChI=1S/C20H18ClNO4S/c1-3-26-18-14(7-5-9-16(18)25-2)11-17-19(23)22(20(24)27-17)12-13-6-4-8-15(21)10-13/h4-11H,3,12H2,1-2H3/b17-11-. The zero-order valence-electron chi connectivity index (χ0n) is 14.9. The van der Waals surface area contributed by atoms with Crippen LogP contribution in [0.5, 0.6) is 11.5 Å². The molecule has 0 unspecified atom stereocenters. The van der Waals surface area contributed by atoms with Gasteiger partial charge in [0.2, 0.25) is 0 Å². The zero-order chi connectivity index (χ0) is 19.4. The van der Waals surface area contributed by atoms with E-state index in [1.807, 2.05) is 25.1 Å². The molecule has 0 spiro atoms. The van der Waals surface area contributed by atoms with Gasteiger partial charge in [-0.15, -0.1) is 0 Å². The second-order valence-corrected chi connectivity index (χ2v) is 7.14. The predicted octanol–water partition coefficient (Wildman–Crippen LogP) is 4.98. The Kier molecular flexibility index (Phi) is 6.08. The quantitative estimate of drug-likeness (QED) is 0.636. The molecule has 2 aromatic rings. The van der Waals surface area contributed by atoms with Gasteiger partial charge in [-0.25, -0.2) is 0 Å². The van der Waals surface area contributed by atoms with E-state index in [1.54, 1.807) is 37.5 Å². The summed E-state index contributed by atoms with van der Waals surface area (Å²) in [5.41, 5.74) is 1.48. The van der Waals surface area contributed by atoms with Crippen molar-refractivity contribution in [3.8, 4) is 11.5 Å². The molecule has 3 rings (SSSR count). The summed E-state index contributed by atoms with van der Waals surface area (Å²) in [6.07, 6.45) is 1.66. The van der Waals surface area contributed by atoms with Gasteiger partial charge in [-0.2, -0.15) is 0 Å². The van der Waals surface area contributed by atoms with Crippen LogP contribution in [0, 0.1) is 0 Å². The molecule has 2 amide bonds. The lowest BCUT2D eigenvalue weighted by Gasteiger charge is -2.13. The molecule has 0 radical (unpaired) electrons. The summed E-state index contributed by atoms with van der Waals surface area (Å²) in [5, 5.41) is 0.250. The Morgan fingerprint density at radius 1 is 1.19 bits per heavy atom. The maximum Gasteiger partial charge on any atom is 0.293 e. The van der Waals surface area contributed by atoms with Crippen LogP contribution in [0.1, 0.15) is 18.1 Å². The first-order valence-corrected chi connectivity index (χ1v) is 9.52. The first-order chi connectivity index (χ1) is 13.0. The van der Waals surface area contributed by atoms with Crippen LogP contribution in [0.25, 0.3) is 6.08 Å². The molecule has 2 aromatic carbocycles. The number of methoxy groups -OCH3 is 1. The summed E-state index contributed by atoms with van der Waals surface area (Å²) in [6, 6.07) is 12.5. The number of thioether (sulfide) groups is 1. The van der Waals surface area contributed by atoms with Gasteiger partial charge in [0.15, 0.2) is 11.5 Å². The molecule has 1 saturated heterocycles. The van der Waals surface area contributed by atoms with E-state index < -0.39 is 0 Å². The Morgan fingerprint density at radius 3 is 2.67 bits per heavy atom. The summed E-state index contributed by atoms with van der Waals surface area (Å²) in [5.74, 6) is 0.781. The van der Waals surface area contributed by atoms with Crippen LogP contribution >= 0.6 is 23.4 Å². The lowest BCUT2D eigenvalue weighted by Crippen LogP contribution is -2.27. The van der Waals surface area contributed by atoms with Crippen molar-refractivity contribution in [2.24, 2.45) is 0 Å². The number of carbonyl (C=O) groups excluding carboxylic acids is 2. The number of imide groups is 1. The van der Waals surface area contributed by atoms with E-state index in [2.05, 4.69) is 0 Å². The molecule has 1 heterocycles. The molecule has 7 heteroatoms. The van der Waals surface area contributed by atoms with E-state index >= 15 is 0 Å². The Labute approximate surface area is 166 Å². The number of amides is 2. The van der Waals surface area contributed by atoms with Crippen molar-refractivity contribution in [3.63, 3.8) is 0 Å². The first-order valence-electron chi connectivity index (χ1n) is 8.33. The Balaban J connectivity index is 1.88. The summed E-state index contributed by atoms with van der Waals surface area (Å²) in [6.45, 7) is 2.51. The van der Waals surface area contributed by atoms with Gasteiger partial charge in [0.25, 0.3) is 11.1 Å². The summed E-state index contributed by atoms with van der Waals surface area (Å²) in [7, 11) is 1.56. The van der Waals surface area contributed by atoms with E-state index in [9.17, 15) is 9.59 Å². The van der Waals surface area contributed by atoms with E-state index in [0.29, 0.717) is 33.6 Å². The molecule has 5 nitrogen and oxygen atoms in total. The number of benzene rings is 2. The molecular formula is C20H18ClNO4S. The molecule has 1 aliphatic heterocycles. The van der Waals surface area contributed by atoms with Crippen LogP contribution in [-0.2, 0) is 11.3 Å². The van der Waals surface area contributed by atoms with Crippen LogP contribution in [0.3, 0.4) is 0 Å². The van der Waals surface area contributed by atoms with Gasteiger partial charge in [0.05, 0.1) is 25.2 Å². The van der Waals surface area contributed by atoms with Gasteiger partial charge < -0.3 is 9.47 Å². The monoisotopic (exact) mass is 403 g/mol. The van der Waals surface area contributed by atoms with Gasteiger partial charge in [0, 0.05) is 10.6 Å². The van der Waals surface area contributed by atoms with Gasteiger partial charge in [0.1, 0.15) is 0 Å². The minimum absolute atomic E-state index is 0.180. The first kappa shape index (κ1) is 19.3. The minimum Gasteiger partial charge on any atom is -0.493 e. The maximum atomic E-state index is 12.7. The third-order valence-electron chi connectivity index (χ3n) is 3.91. The molecule has 1 aliphatic rings. The highest BCUT2D eigenvalue weighted by molar-refractivity contribution is 8.18. The molecule has 1 fully saturated rings. The Hall–Kier alpha value is -2.44. The fraction of sp³-hybridized carbons (Fsp3) is 0.200. The number of para-hydroxylation sites is 1. The SMILES string of the molecule is CCOc1c(/C=C2\SC(=O)N(Cc3cccc(Cl)c3)C2=O)cccc1OC. The number of nitrogens with zero attached hydrogens (tertiary/aromatic N) is 1. The van der Waals surface area contributed by atoms with Crippen LogP contribution in [0.15, 0.2) is 47.4 Å². The smallest absolute Gasteiger partial charge is 0.293 e. The van der Waals surface area contributed by atoms with E-state index in [-0.39, 0.29) is 17.7 Å². The fourth-order valence-electron chi connectivity index (χ4n) is 2.70. The van der Waals surface area contributed by atoms with Crippen molar-refractivity contribution < 1.29 is 19.1 Å². The number of ether oxygens (including phenoxy) is 2. The van der Waals surface area contributed by atoms with Crippen molar-refractivity contribution in [1.82, 2.24) is 4.90 Å². The van der Waals surface area contributed by atoms with Crippen molar-refractivity contribution >= 4 is 40.6 Å². The molecule has 0 N–H and O–H groups in total. The summed E-state index contributed by atoms with van der Waals surface area (Å²) >= 11 is 6.89. The number of hydrogen-bond acceptors (Lipinski definition) is 5. The normalized spacial score (nSPS) is 15.5. The largest absolute Gasteiger partial charge is 0.493 e.